The van der Waals surface area contributed by atoms with Gasteiger partial charge in [-0.15, -0.1) is 0 Å². The van der Waals surface area contributed by atoms with E-state index in [0.717, 1.165) is 0 Å². The molecule has 3 aromatic carbocycles. The molecule has 1 saturated heterocycles. The van der Waals surface area contributed by atoms with Gasteiger partial charge in [0, 0.05) is 5.56 Å². The second-order valence-corrected chi connectivity index (χ2v) is 12.9. The first-order chi connectivity index (χ1) is 26.7. The SMILES string of the molecule is O=C1OCC2OC(OC(=O)c3cc(O)c(O)c(O)c3)C(O)C(OC(=O)c3cc(O)c(O)c(O)c3)C2OC(=O)c2cc(O)c(O)c3c2C2C1=CC(=O)C(O)(O3)C2(O)O. The van der Waals surface area contributed by atoms with E-state index in [4.69, 9.17) is 28.4 Å². The molecule has 1 aliphatic carbocycles. The van der Waals surface area contributed by atoms with Gasteiger partial charge in [-0.1, -0.05) is 0 Å². The van der Waals surface area contributed by atoms with Crippen LogP contribution in [0.2, 0.25) is 0 Å². The van der Waals surface area contributed by atoms with Crippen molar-refractivity contribution in [2.45, 2.75) is 48.2 Å². The second kappa shape index (κ2) is 13.0. The monoisotopic (exact) mass is 802 g/mol. The molecule has 3 aromatic rings. The molecule has 0 saturated carbocycles. The Morgan fingerprint density at radius 1 is 0.719 bits per heavy atom. The summed E-state index contributed by atoms with van der Waals surface area (Å²) in [7, 11) is 0. The van der Waals surface area contributed by atoms with E-state index >= 15 is 0 Å². The highest BCUT2D eigenvalue weighted by molar-refractivity contribution is 6.08. The molecule has 12 N–H and O–H groups in total. The molecule has 57 heavy (non-hydrogen) atoms. The van der Waals surface area contributed by atoms with Crippen LogP contribution in [0.1, 0.15) is 42.6 Å². The molecular weight excluding hydrogens is 776 g/mol. The number of aliphatic hydroxyl groups is 4. The molecule has 7 atom stereocenters. The maximum absolute atomic E-state index is 14.1. The first-order valence-corrected chi connectivity index (χ1v) is 16.0. The molecule has 7 rings (SSSR count). The predicted octanol–water partition coefficient (Wildman–Crippen LogP) is -2.06. The maximum Gasteiger partial charge on any atom is 0.340 e. The van der Waals surface area contributed by atoms with E-state index in [1.807, 2.05) is 0 Å². The number of esters is 4. The molecule has 4 aliphatic rings. The van der Waals surface area contributed by atoms with Crippen LogP contribution in [0.25, 0.3) is 0 Å². The van der Waals surface area contributed by atoms with E-state index < -0.39 is 164 Å². The van der Waals surface area contributed by atoms with Crippen LogP contribution < -0.4 is 4.74 Å². The van der Waals surface area contributed by atoms with Gasteiger partial charge in [-0.2, -0.15) is 0 Å². The largest absolute Gasteiger partial charge is 0.504 e. The van der Waals surface area contributed by atoms with Gasteiger partial charge in [0.05, 0.1) is 28.2 Å². The van der Waals surface area contributed by atoms with Crippen LogP contribution in [0.5, 0.6) is 51.7 Å². The normalized spacial score (nSPS) is 27.3. The number of hydrogen-bond donors (Lipinski definition) is 12. The van der Waals surface area contributed by atoms with Gasteiger partial charge < -0.3 is 89.7 Å². The first kappa shape index (κ1) is 38.2. The summed E-state index contributed by atoms with van der Waals surface area (Å²) in [5.74, 6) is -27.5. The molecule has 0 aromatic heterocycles. The summed E-state index contributed by atoms with van der Waals surface area (Å²) in [6.45, 7) is -1.16. The maximum atomic E-state index is 14.1. The van der Waals surface area contributed by atoms with Crippen molar-refractivity contribution in [2.75, 3.05) is 6.61 Å². The number of carbonyl (C=O) groups excluding carboxylic acids is 5. The fourth-order valence-corrected chi connectivity index (χ4v) is 6.57. The van der Waals surface area contributed by atoms with Gasteiger partial charge in [0.2, 0.25) is 17.8 Å². The van der Waals surface area contributed by atoms with Gasteiger partial charge in [-0.25, -0.2) is 19.2 Å². The minimum atomic E-state index is -3.80. The van der Waals surface area contributed by atoms with Crippen molar-refractivity contribution in [3.8, 4) is 51.7 Å². The van der Waals surface area contributed by atoms with E-state index in [1.165, 1.54) is 0 Å². The number of phenolic OH excluding ortho intramolecular Hbond substituents is 8. The van der Waals surface area contributed by atoms with E-state index in [-0.39, 0.29) is 0 Å². The Bertz CT molecular complexity index is 2280. The molecule has 2 bridgehead atoms. The van der Waals surface area contributed by atoms with Crippen LogP contribution in [-0.2, 0) is 33.3 Å². The van der Waals surface area contributed by atoms with Crippen LogP contribution in [0.3, 0.4) is 0 Å². The van der Waals surface area contributed by atoms with Crippen molar-refractivity contribution < 1.29 is 114 Å². The fraction of sp³-hybridized carbons (Fsp3) is 0.265. The lowest BCUT2D eigenvalue weighted by Gasteiger charge is -2.49. The Balaban J connectivity index is 1.35. The number of cyclic esters (lactones) is 1. The minimum absolute atomic E-state index is 0.376. The molecule has 1 fully saturated rings. The number of fused-ring (bicyclic) bond motifs is 2. The molecule has 23 nitrogen and oxygen atoms in total. The Kier molecular flexibility index (Phi) is 8.74. The Morgan fingerprint density at radius 2 is 1.25 bits per heavy atom. The third-order valence-corrected chi connectivity index (χ3v) is 9.41. The first-order valence-electron chi connectivity index (χ1n) is 16.0. The lowest BCUT2D eigenvalue weighted by atomic mass is 9.70. The van der Waals surface area contributed by atoms with E-state index in [0.29, 0.717) is 36.4 Å². The molecule has 300 valence electrons. The van der Waals surface area contributed by atoms with Crippen LogP contribution in [0.15, 0.2) is 42.0 Å². The van der Waals surface area contributed by atoms with E-state index in [1.54, 1.807) is 0 Å². The van der Waals surface area contributed by atoms with Crippen molar-refractivity contribution in [1.29, 1.82) is 0 Å². The van der Waals surface area contributed by atoms with Gasteiger partial charge in [-0.3, -0.25) is 4.79 Å². The summed E-state index contributed by atoms with van der Waals surface area (Å²) in [5, 5.41) is 125. The van der Waals surface area contributed by atoms with Crippen LogP contribution in [0.4, 0.5) is 0 Å². The van der Waals surface area contributed by atoms with Gasteiger partial charge >= 0.3 is 29.7 Å². The highest BCUT2D eigenvalue weighted by Crippen LogP contribution is 2.58. The fourth-order valence-electron chi connectivity index (χ4n) is 6.57. The number of ketones is 1. The molecule has 0 spiro atoms. The van der Waals surface area contributed by atoms with E-state index in [2.05, 4.69) is 0 Å². The van der Waals surface area contributed by atoms with Crippen molar-refractivity contribution >= 4 is 29.7 Å². The third-order valence-electron chi connectivity index (χ3n) is 9.41. The molecule has 7 unspecified atom stereocenters. The topological polar surface area (TPSA) is 383 Å². The van der Waals surface area contributed by atoms with Crippen molar-refractivity contribution in [2.24, 2.45) is 0 Å². The number of benzene rings is 3. The number of aliphatic hydroxyl groups excluding tert-OH is 1. The highest BCUT2D eigenvalue weighted by Gasteiger charge is 2.70. The van der Waals surface area contributed by atoms with Crippen molar-refractivity contribution in [3.05, 3.63) is 64.2 Å². The number of carbonyl (C=O) groups is 5. The average molecular weight is 803 g/mol. The number of ether oxygens (including phenoxy) is 6. The Labute approximate surface area is 314 Å². The zero-order chi connectivity index (χ0) is 41.6. The summed E-state index contributed by atoms with van der Waals surface area (Å²) in [4.78, 5) is 67.3. The molecule has 23 heteroatoms. The Morgan fingerprint density at radius 3 is 1.81 bits per heavy atom. The van der Waals surface area contributed by atoms with Gasteiger partial charge in [-0.05, 0) is 36.4 Å². The summed E-state index contributed by atoms with van der Waals surface area (Å²) < 4.78 is 32.1. The lowest BCUT2D eigenvalue weighted by Crippen LogP contribution is -2.70. The number of hydrogen-bond acceptors (Lipinski definition) is 23. The van der Waals surface area contributed by atoms with Gasteiger partial charge in [0.15, 0.2) is 64.3 Å². The van der Waals surface area contributed by atoms with Gasteiger partial charge in [0.25, 0.3) is 5.79 Å². The van der Waals surface area contributed by atoms with Gasteiger partial charge in [0.1, 0.15) is 12.7 Å². The zero-order valence-corrected chi connectivity index (χ0v) is 28.0. The smallest absolute Gasteiger partial charge is 0.340 e. The van der Waals surface area contributed by atoms with Crippen LogP contribution >= 0.6 is 0 Å². The summed E-state index contributed by atoms with van der Waals surface area (Å²) in [6.07, 6.45) is -10.9. The minimum Gasteiger partial charge on any atom is -0.504 e. The van der Waals surface area contributed by atoms with E-state index in [9.17, 15) is 85.3 Å². The second-order valence-electron chi connectivity index (χ2n) is 12.9. The molecule has 0 radical (unpaired) electrons. The molecule has 3 heterocycles. The summed E-state index contributed by atoms with van der Waals surface area (Å²) in [6, 6.07) is 2.95. The average Bonchev–Trinajstić information content (AvgIpc) is 3.15. The quantitative estimate of drug-likeness (QED) is 0.0584. The summed E-state index contributed by atoms with van der Waals surface area (Å²) in [5.41, 5.74) is -4.17. The van der Waals surface area contributed by atoms with Crippen LogP contribution in [0, 0.1) is 0 Å². The number of phenols is 8. The lowest BCUT2D eigenvalue weighted by molar-refractivity contribution is -0.339. The Hall–Kier alpha value is -7.05. The molecule has 3 aliphatic heterocycles. The third kappa shape index (κ3) is 5.84. The summed E-state index contributed by atoms with van der Waals surface area (Å²) >= 11 is 0. The predicted molar refractivity (Wildman–Crippen MR) is 171 cm³/mol. The standard InChI is InChI=1S/C34H26O23/c35-12-1-8(2-13(36)21(12)41)28(45)55-27-24(44)32(56-29(46)9-3-14(37)22(42)15(38)4-9)53-17-7-52-30(47)11-6-18(40)34(51)33(49,50)20(11)19-10(31(48)54-25(17)27)5-16(39)23(43)26(19)57-34/h1-6,17,20,24-25,27,32,35-39,41-44,49-51H,7H2. The van der Waals surface area contributed by atoms with Crippen molar-refractivity contribution in [3.63, 3.8) is 0 Å². The number of rotatable bonds is 4. The highest BCUT2D eigenvalue weighted by atomic mass is 16.7. The zero-order valence-electron chi connectivity index (χ0n) is 28.0. The molecular formula is C34H26O23. The van der Waals surface area contributed by atoms with Crippen LogP contribution in [-0.4, -0.2) is 140 Å². The number of aromatic hydroxyl groups is 8. The molecule has 0 amide bonds. The van der Waals surface area contributed by atoms with Crippen molar-refractivity contribution in [1.82, 2.24) is 0 Å².